The van der Waals surface area contributed by atoms with E-state index in [1.54, 1.807) is 10.9 Å². The summed E-state index contributed by atoms with van der Waals surface area (Å²) in [5.41, 5.74) is 0.838. The summed E-state index contributed by atoms with van der Waals surface area (Å²) in [6.07, 6.45) is 3.19. The first-order valence-electron chi connectivity index (χ1n) is 6.42. The zero-order chi connectivity index (χ0) is 15.6. The Hall–Kier alpha value is -2.15. The molecule has 0 aliphatic heterocycles. The molecule has 1 N–H and O–H groups in total. The lowest BCUT2D eigenvalue weighted by molar-refractivity contribution is 0.0696. The third-order valence-corrected chi connectivity index (χ3v) is 5.04. The Labute approximate surface area is 123 Å². The molecule has 0 radical (unpaired) electrons. The number of benzene rings is 1. The molecule has 0 bridgehead atoms. The van der Waals surface area contributed by atoms with Gasteiger partial charge >= 0.3 is 5.97 Å². The molecule has 0 amide bonds. The molecule has 0 aliphatic carbocycles. The van der Waals surface area contributed by atoms with Crippen LogP contribution in [0.4, 0.5) is 0 Å². The normalized spacial score (nSPS) is 11.5. The van der Waals surface area contributed by atoms with Crippen LogP contribution in [0.15, 0.2) is 35.5 Å². The monoisotopic (exact) mass is 308 g/mol. The minimum atomic E-state index is -3.61. The Morgan fingerprint density at radius 3 is 2.67 bits per heavy atom. The smallest absolute Gasteiger partial charge is 0.335 e. The minimum Gasteiger partial charge on any atom is -0.478 e. The molecule has 21 heavy (non-hydrogen) atoms. The highest BCUT2D eigenvalue weighted by molar-refractivity contribution is 7.90. The SMILES string of the molecule is CCn1cc(CS(=O)(=O)c2cccc(C(=O)O)c2C)cn1. The molecule has 2 aromatic rings. The first-order valence-corrected chi connectivity index (χ1v) is 8.07. The van der Waals surface area contributed by atoms with Crippen LogP contribution < -0.4 is 0 Å². The number of hydrogen-bond acceptors (Lipinski definition) is 4. The van der Waals surface area contributed by atoms with Gasteiger partial charge in [0.2, 0.25) is 0 Å². The summed E-state index contributed by atoms with van der Waals surface area (Å²) >= 11 is 0. The average molecular weight is 308 g/mol. The first kappa shape index (κ1) is 15.2. The molecule has 0 fully saturated rings. The van der Waals surface area contributed by atoms with Gasteiger partial charge in [0.25, 0.3) is 0 Å². The molecular formula is C14H16N2O4S. The van der Waals surface area contributed by atoms with Crippen molar-refractivity contribution < 1.29 is 18.3 Å². The third kappa shape index (κ3) is 3.13. The second-order valence-corrected chi connectivity index (χ2v) is 6.66. The summed E-state index contributed by atoms with van der Waals surface area (Å²) in [5.74, 6) is -1.33. The molecule has 6 nitrogen and oxygen atoms in total. The molecule has 0 aliphatic rings. The van der Waals surface area contributed by atoms with E-state index in [1.807, 2.05) is 6.92 Å². The highest BCUT2D eigenvalue weighted by Crippen LogP contribution is 2.22. The van der Waals surface area contributed by atoms with E-state index >= 15 is 0 Å². The molecule has 7 heteroatoms. The van der Waals surface area contributed by atoms with Gasteiger partial charge in [-0.1, -0.05) is 6.07 Å². The van der Waals surface area contributed by atoms with E-state index in [0.29, 0.717) is 12.1 Å². The first-order chi connectivity index (χ1) is 9.85. The Morgan fingerprint density at radius 2 is 2.10 bits per heavy atom. The summed E-state index contributed by atoms with van der Waals surface area (Å²) in [5, 5.41) is 13.1. The van der Waals surface area contributed by atoms with Gasteiger partial charge in [-0.05, 0) is 31.5 Å². The Kier molecular flexibility index (Phi) is 4.13. The van der Waals surface area contributed by atoms with Crippen LogP contribution in [0.3, 0.4) is 0 Å². The number of aromatic carboxylic acids is 1. The lowest BCUT2D eigenvalue weighted by Crippen LogP contribution is -2.10. The summed E-state index contributed by atoms with van der Waals surface area (Å²) in [7, 11) is -3.61. The fourth-order valence-electron chi connectivity index (χ4n) is 2.13. The van der Waals surface area contributed by atoms with Crippen molar-refractivity contribution in [1.29, 1.82) is 0 Å². The van der Waals surface area contributed by atoms with Crippen molar-refractivity contribution >= 4 is 15.8 Å². The lowest BCUT2D eigenvalue weighted by Gasteiger charge is -2.09. The number of rotatable bonds is 5. The lowest BCUT2D eigenvalue weighted by atomic mass is 10.1. The molecule has 0 spiro atoms. The predicted octanol–water partition coefficient (Wildman–Crippen LogP) is 1.88. The summed E-state index contributed by atoms with van der Waals surface area (Å²) in [6.45, 7) is 4.07. The van der Waals surface area contributed by atoms with Gasteiger partial charge in [-0.3, -0.25) is 4.68 Å². The van der Waals surface area contributed by atoms with Gasteiger partial charge in [0.05, 0.1) is 22.4 Å². The second kappa shape index (κ2) is 5.69. The number of carboxylic acid groups (broad SMARTS) is 1. The second-order valence-electron chi connectivity index (χ2n) is 4.70. The van der Waals surface area contributed by atoms with Crippen LogP contribution in [-0.4, -0.2) is 29.3 Å². The topological polar surface area (TPSA) is 89.3 Å². The standard InChI is InChI=1S/C14H16N2O4S/c1-3-16-8-11(7-15-16)9-21(19,20)13-6-4-5-12(10(13)2)14(17)18/h4-8H,3,9H2,1-2H3,(H,17,18). The van der Waals surface area contributed by atoms with Gasteiger partial charge in [0.1, 0.15) is 0 Å². The maximum absolute atomic E-state index is 12.5. The number of carboxylic acids is 1. The summed E-state index contributed by atoms with van der Waals surface area (Å²) in [4.78, 5) is 11.1. The molecule has 1 aromatic heterocycles. The van der Waals surface area contributed by atoms with Gasteiger partial charge in [0, 0.05) is 18.3 Å². The molecule has 0 saturated heterocycles. The Balaban J connectivity index is 2.40. The quantitative estimate of drug-likeness (QED) is 0.911. The fraction of sp³-hybridized carbons (Fsp3) is 0.286. The van der Waals surface area contributed by atoms with Crippen LogP contribution in [0.2, 0.25) is 0 Å². The van der Waals surface area contributed by atoms with Crippen LogP contribution in [-0.2, 0) is 22.1 Å². The third-order valence-electron chi connectivity index (χ3n) is 3.22. The van der Waals surface area contributed by atoms with E-state index in [4.69, 9.17) is 5.11 Å². The van der Waals surface area contributed by atoms with Crippen LogP contribution in [0.25, 0.3) is 0 Å². The fourth-order valence-corrected chi connectivity index (χ4v) is 3.74. The van der Waals surface area contributed by atoms with Crippen molar-refractivity contribution in [2.24, 2.45) is 0 Å². The number of carbonyl (C=O) groups is 1. The van der Waals surface area contributed by atoms with Crippen molar-refractivity contribution in [2.75, 3.05) is 0 Å². The van der Waals surface area contributed by atoms with Gasteiger partial charge < -0.3 is 5.11 Å². The van der Waals surface area contributed by atoms with E-state index in [-0.39, 0.29) is 21.8 Å². The summed E-state index contributed by atoms with van der Waals surface area (Å²) in [6, 6.07) is 4.27. The van der Waals surface area contributed by atoms with E-state index in [1.165, 1.54) is 31.3 Å². The van der Waals surface area contributed by atoms with E-state index in [2.05, 4.69) is 5.10 Å². The van der Waals surface area contributed by atoms with Gasteiger partial charge in [-0.15, -0.1) is 0 Å². The number of hydrogen-bond donors (Lipinski definition) is 1. The predicted molar refractivity (Wildman–Crippen MR) is 76.9 cm³/mol. The summed E-state index contributed by atoms with van der Waals surface area (Å²) < 4.78 is 26.6. The maximum atomic E-state index is 12.5. The number of sulfone groups is 1. The van der Waals surface area contributed by atoms with E-state index < -0.39 is 15.8 Å². The molecule has 0 saturated carbocycles. The van der Waals surface area contributed by atoms with Gasteiger partial charge in [-0.25, -0.2) is 13.2 Å². The highest BCUT2D eigenvalue weighted by atomic mass is 32.2. The van der Waals surface area contributed by atoms with Crippen LogP contribution in [0.5, 0.6) is 0 Å². The molecule has 1 aromatic carbocycles. The van der Waals surface area contributed by atoms with Crippen molar-refractivity contribution in [3.05, 3.63) is 47.3 Å². The van der Waals surface area contributed by atoms with Crippen molar-refractivity contribution in [3.8, 4) is 0 Å². The Bertz CT molecular complexity index is 778. The molecule has 0 unspecified atom stereocenters. The molecular weight excluding hydrogens is 292 g/mol. The van der Waals surface area contributed by atoms with Crippen LogP contribution >= 0.6 is 0 Å². The Morgan fingerprint density at radius 1 is 1.38 bits per heavy atom. The largest absolute Gasteiger partial charge is 0.478 e. The number of nitrogens with zero attached hydrogens (tertiary/aromatic N) is 2. The molecule has 1 heterocycles. The van der Waals surface area contributed by atoms with Crippen molar-refractivity contribution in [2.45, 2.75) is 31.0 Å². The minimum absolute atomic E-state index is 0.000304. The average Bonchev–Trinajstić information content (AvgIpc) is 2.85. The van der Waals surface area contributed by atoms with Gasteiger partial charge in [0.15, 0.2) is 9.84 Å². The van der Waals surface area contributed by atoms with E-state index in [0.717, 1.165) is 0 Å². The number of aromatic nitrogens is 2. The maximum Gasteiger partial charge on any atom is 0.335 e. The highest BCUT2D eigenvalue weighted by Gasteiger charge is 2.21. The van der Waals surface area contributed by atoms with E-state index in [9.17, 15) is 13.2 Å². The van der Waals surface area contributed by atoms with Crippen LogP contribution in [0, 0.1) is 6.92 Å². The zero-order valence-electron chi connectivity index (χ0n) is 11.8. The molecule has 0 atom stereocenters. The molecule has 112 valence electrons. The number of aryl methyl sites for hydroxylation is 1. The zero-order valence-corrected chi connectivity index (χ0v) is 12.6. The van der Waals surface area contributed by atoms with Crippen LogP contribution in [0.1, 0.15) is 28.4 Å². The molecule has 2 rings (SSSR count). The van der Waals surface area contributed by atoms with Crippen molar-refractivity contribution in [3.63, 3.8) is 0 Å². The van der Waals surface area contributed by atoms with Gasteiger partial charge in [-0.2, -0.15) is 5.10 Å². The van der Waals surface area contributed by atoms with Crippen molar-refractivity contribution in [1.82, 2.24) is 9.78 Å².